The van der Waals surface area contributed by atoms with Gasteiger partial charge in [0.05, 0.1) is 12.8 Å². The van der Waals surface area contributed by atoms with E-state index in [-0.39, 0.29) is 5.91 Å². The number of carbonyl (C=O) groups is 2. The minimum absolute atomic E-state index is 0.102. The molecule has 1 unspecified atom stereocenters. The Labute approximate surface area is 125 Å². The molecule has 0 saturated heterocycles. The fraction of sp³-hybridized carbons (Fsp3) is 0.467. The maximum absolute atomic E-state index is 12.1. The van der Waals surface area contributed by atoms with Crippen LogP contribution >= 0.6 is 0 Å². The van der Waals surface area contributed by atoms with Crippen LogP contribution in [0.1, 0.15) is 20.8 Å². The summed E-state index contributed by atoms with van der Waals surface area (Å²) in [6.45, 7) is 6.72. The fourth-order valence-electron chi connectivity index (χ4n) is 1.97. The number of likely N-dealkylation sites (N-methyl/N-ethyl adjacent to an activating group) is 1. The molecule has 0 aromatic heterocycles. The Balaban J connectivity index is 2.63. The molecule has 0 saturated carbocycles. The summed E-state index contributed by atoms with van der Waals surface area (Å²) >= 11 is 0. The highest BCUT2D eigenvalue weighted by atomic mass is 16.5. The maximum Gasteiger partial charge on any atom is 0.319 e. The number of methoxy groups -OCH3 is 1. The average molecular weight is 293 g/mol. The molecule has 116 valence electrons. The Morgan fingerprint density at radius 2 is 1.86 bits per heavy atom. The van der Waals surface area contributed by atoms with Crippen molar-refractivity contribution >= 4 is 17.6 Å². The van der Waals surface area contributed by atoms with Crippen LogP contribution < -0.4 is 15.4 Å². The van der Waals surface area contributed by atoms with E-state index < -0.39 is 12.1 Å². The molecule has 0 fully saturated rings. The normalized spacial score (nSPS) is 11.4. The van der Waals surface area contributed by atoms with Gasteiger partial charge in [-0.25, -0.2) is 4.79 Å². The molecule has 1 aromatic rings. The number of nitrogens with one attached hydrogen (secondary N) is 2. The second kappa shape index (κ2) is 8.14. The Kier molecular flexibility index (Phi) is 6.52. The second-order valence-corrected chi connectivity index (χ2v) is 4.53. The fourth-order valence-corrected chi connectivity index (χ4v) is 1.97. The van der Waals surface area contributed by atoms with Crippen LogP contribution in [0.3, 0.4) is 0 Å². The number of hydrogen-bond acceptors (Lipinski definition) is 3. The van der Waals surface area contributed by atoms with Crippen molar-refractivity contribution in [3.63, 3.8) is 0 Å². The van der Waals surface area contributed by atoms with E-state index in [1.165, 1.54) is 7.11 Å². The van der Waals surface area contributed by atoms with Crippen LogP contribution in [0.2, 0.25) is 0 Å². The van der Waals surface area contributed by atoms with Gasteiger partial charge >= 0.3 is 6.03 Å². The third-order valence-electron chi connectivity index (χ3n) is 3.15. The summed E-state index contributed by atoms with van der Waals surface area (Å²) in [7, 11) is 1.53. The van der Waals surface area contributed by atoms with Crippen molar-refractivity contribution < 1.29 is 14.3 Å². The van der Waals surface area contributed by atoms with Gasteiger partial charge in [-0.2, -0.15) is 0 Å². The van der Waals surface area contributed by atoms with E-state index in [1.54, 1.807) is 30.0 Å². The van der Waals surface area contributed by atoms with Gasteiger partial charge in [0.2, 0.25) is 5.91 Å². The van der Waals surface area contributed by atoms with Crippen molar-refractivity contribution in [3.8, 4) is 5.75 Å². The van der Waals surface area contributed by atoms with Gasteiger partial charge in [0.1, 0.15) is 11.8 Å². The van der Waals surface area contributed by atoms with Crippen LogP contribution in [0, 0.1) is 0 Å². The molecule has 1 rings (SSSR count). The van der Waals surface area contributed by atoms with Crippen LogP contribution in [-0.2, 0) is 4.79 Å². The predicted molar refractivity (Wildman–Crippen MR) is 82.5 cm³/mol. The molecular weight excluding hydrogens is 270 g/mol. The first-order valence-corrected chi connectivity index (χ1v) is 7.02. The zero-order chi connectivity index (χ0) is 15.8. The van der Waals surface area contributed by atoms with Gasteiger partial charge < -0.3 is 20.3 Å². The van der Waals surface area contributed by atoms with Gasteiger partial charge in [-0.05, 0) is 32.9 Å². The number of benzene rings is 1. The third-order valence-corrected chi connectivity index (χ3v) is 3.15. The van der Waals surface area contributed by atoms with Gasteiger partial charge in [-0.3, -0.25) is 4.79 Å². The molecule has 0 spiro atoms. The number of anilines is 1. The molecule has 0 aliphatic heterocycles. The highest BCUT2D eigenvalue weighted by Crippen LogP contribution is 2.22. The Hall–Kier alpha value is -2.24. The number of amides is 3. The van der Waals surface area contributed by atoms with Crippen molar-refractivity contribution in [3.05, 3.63) is 24.3 Å². The summed E-state index contributed by atoms with van der Waals surface area (Å²) in [4.78, 5) is 25.7. The monoisotopic (exact) mass is 293 g/mol. The average Bonchev–Trinajstić information content (AvgIpc) is 2.48. The molecule has 1 aromatic carbocycles. The van der Waals surface area contributed by atoms with E-state index in [4.69, 9.17) is 4.74 Å². The summed E-state index contributed by atoms with van der Waals surface area (Å²) in [5.41, 5.74) is 0.556. The summed E-state index contributed by atoms with van der Waals surface area (Å²) in [6, 6.07) is 6.07. The third kappa shape index (κ3) is 4.66. The lowest BCUT2D eigenvalue weighted by molar-refractivity contribution is -0.132. The van der Waals surface area contributed by atoms with E-state index in [1.807, 2.05) is 19.9 Å². The van der Waals surface area contributed by atoms with Gasteiger partial charge in [0, 0.05) is 13.1 Å². The lowest BCUT2D eigenvalue weighted by Crippen LogP contribution is -2.48. The molecule has 3 amide bonds. The number of hydrogen-bond donors (Lipinski definition) is 2. The molecule has 2 N–H and O–H groups in total. The first-order chi connectivity index (χ1) is 10.0. The summed E-state index contributed by atoms with van der Waals surface area (Å²) in [5, 5.41) is 5.31. The van der Waals surface area contributed by atoms with Crippen molar-refractivity contribution in [2.24, 2.45) is 0 Å². The molecule has 0 aliphatic carbocycles. The van der Waals surface area contributed by atoms with Crippen LogP contribution in [0.25, 0.3) is 0 Å². The maximum atomic E-state index is 12.1. The van der Waals surface area contributed by atoms with Crippen molar-refractivity contribution in [1.29, 1.82) is 0 Å². The van der Waals surface area contributed by atoms with E-state index >= 15 is 0 Å². The van der Waals surface area contributed by atoms with E-state index in [2.05, 4.69) is 10.6 Å². The lowest BCUT2D eigenvalue weighted by atomic mass is 10.2. The topological polar surface area (TPSA) is 70.7 Å². The van der Waals surface area contributed by atoms with Gasteiger partial charge in [0.25, 0.3) is 0 Å². The summed E-state index contributed by atoms with van der Waals surface area (Å²) in [5.74, 6) is 0.463. The van der Waals surface area contributed by atoms with Crippen molar-refractivity contribution in [2.45, 2.75) is 26.8 Å². The summed E-state index contributed by atoms with van der Waals surface area (Å²) < 4.78 is 5.15. The zero-order valence-electron chi connectivity index (χ0n) is 13.0. The van der Waals surface area contributed by atoms with Crippen LogP contribution in [0.5, 0.6) is 5.75 Å². The molecule has 0 radical (unpaired) electrons. The lowest BCUT2D eigenvalue weighted by Gasteiger charge is -2.23. The Morgan fingerprint density at radius 3 is 2.43 bits per heavy atom. The number of urea groups is 1. The molecule has 0 heterocycles. The van der Waals surface area contributed by atoms with Crippen LogP contribution in [-0.4, -0.2) is 43.1 Å². The quantitative estimate of drug-likeness (QED) is 0.843. The van der Waals surface area contributed by atoms with Crippen molar-refractivity contribution in [1.82, 2.24) is 10.2 Å². The standard InChI is InChI=1S/C15H23N3O3/c1-5-18(6-2)14(19)11(3)16-15(20)17-12-9-7-8-10-13(12)21-4/h7-11H,5-6H2,1-4H3,(H2,16,17,20). The Bertz CT molecular complexity index is 487. The SMILES string of the molecule is CCN(CC)C(=O)C(C)NC(=O)Nc1ccccc1OC. The van der Waals surface area contributed by atoms with Crippen LogP contribution in [0.15, 0.2) is 24.3 Å². The van der Waals surface area contributed by atoms with E-state index in [9.17, 15) is 9.59 Å². The minimum atomic E-state index is -0.584. The summed E-state index contributed by atoms with van der Waals surface area (Å²) in [6.07, 6.45) is 0. The molecule has 0 aliphatic rings. The van der Waals surface area contributed by atoms with Crippen LogP contribution in [0.4, 0.5) is 10.5 Å². The van der Waals surface area contributed by atoms with Gasteiger partial charge in [-0.15, -0.1) is 0 Å². The molecule has 6 heteroatoms. The first kappa shape index (κ1) is 16.8. The smallest absolute Gasteiger partial charge is 0.319 e. The predicted octanol–water partition coefficient (Wildman–Crippen LogP) is 2.07. The number of rotatable bonds is 6. The highest BCUT2D eigenvalue weighted by molar-refractivity contribution is 5.94. The number of para-hydroxylation sites is 2. The van der Waals surface area contributed by atoms with Gasteiger partial charge in [-0.1, -0.05) is 12.1 Å². The first-order valence-electron chi connectivity index (χ1n) is 7.02. The number of carbonyl (C=O) groups excluding carboxylic acids is 2. The second-order valence-electron chi connectivity index (χ2n) is 4.53. The van der Waals surface area contributed by atoms with Crippen molar-refractivity contribution in [2.75, 3.05) is 25.5 Å². The largest absolute Gasteiger partial charge is 0.495 e. The highest BCUT2D eigenvalue weighted by Gasteiger charge is 2.20. The molecule has 0 bridgehead atoms. The molecular formula is C15H23N3O3. The van der Waals surface area contributed by atoms with Gasteiger partial charge in [0.15, 0.2) is 0 Å². The van der Waals surface area contributed by atoms with E-state index in [0.717, 1.165) is 0 Å². The number of nitrogens with zero attached hydrogens (tertiary/aromatic N) is 1. The zero-order valence-corrected chi connectivity index (χ0v) is 13.0. The minimum Gasteiger partial charge on any atom is -0.495 e. The molecule has 6 nitrogen and oxygen atoms in total. The molecule has 1 atom stereocenters. The molecule has 21 heavy (non-hydrogen) atoms. The number of ether oxygens (including phenoxy) is 1. The Morgan fingerprint density at radius 1 is 1.24 bits per heavy atom. The van der Waals surface area contributed by atoms with E-state index in [0.29, 0.717) is 24.5 Å².